The Morgan fingerprint density at radius 3 is 2.39 bits per heavy atom. The molecule has 18 heavy (non-hydrogen) atoms. The number of rotatable bonds is 6. The van der Waals surface area contributed by atoms with Gasteiger partial charge in [0, 0.05) is 18.3 Å². The van der Waals surface area contributed by atoms with E-state index in [0.29, 0.717) is 0 Å². The van der Waals surface area contributed by atoms with Gasteiger partial charge in [-0.1, -0.05) is 25.1 Å². The second-order valence-corrected chi connectivity index (χ2v) is 4.69. The first-order valence-corrected chi connectivity index (χ1v) is 6.27. The number of aliphatic hydroxyl groups excluding tert-OH is 1. The smallest absolute Gasteiger partial charge is 0.241 e. The summed E-state index contributed by atoms with van der Waals surface area (Å²) >= 11 is 0. The summed E-state index contributed by atoms with van der Waals surface area (Å²) in [4.78, 5) is 11.9. The molecule has 0 saturated carbocycles. The van der Waals surface area contributed by atoms with Gasteiger partial charge in [0.2, 0.25) is 5.91 Å². The molecule has 1 amide bonds. The number of carbonyl (C=O) groups excluding carboxylic acids is 1. The van der Waals surface area contributed by atoms with Crippen LogP contribution >= 0.6 is 0 Å². The zero-order valence-corrected chi connectivity index (χ0v) is 11.2. The van der Waals surface area contributed by atoms with Crippen molar-refractivity contribution in [3.8, 4) is 0 Å². The zero-order valence-electron chi connectivity index (χ0n) is 11.2. The number of nitrogens with one attached hydrogen (secondary N) is 2. The second-order valence-electron chi connectivity index (χ2n) is 4.69. The van der Waals surface area contributed by atoms with Gasteiger partial charge in [0.05, 0.1) is 6.04 Å². The Kier molecular flexibility index (Phi) is 5.82. The molecule has 1 aromatic carbocycles. The summed E-state index contributed by atoms with van der Waals surface area (Å²) in [5, 5.41) is 15.1. The molecule has 3 N–H and O–H groups in total. The second kappa shape index (κ2) is 7.13. The molecule has 4 heteroatoms. The van der Waals surface area contributed by atoms with Crippen molar-refractivity contribution < 1.29 is 9.90 Å². The molecule has 0 aromatic heterocycles. The molecule has 0 aliphatic carbocycles. The van der Waals surface area contributed by atoms with Crippen molar-refractivity contribution in [3.63, 3.8) is 0 Å². The van der Waals surface area contributed by atoms with Crippen LogP contribution in [0.4, 0.5) is 5.69 Å². The predicted octanol–water partition coefficient (Wildman–Crippen LogP) is 1.62. The van der Waals surface area contributed by atoms with E-state index < -0.39 is 0 Å². The van der Waals surface area contributed by atoms with Crippen LogP contribution in [0.3, 0.4) is 0 Å². The van der Waals surface area contributed by atoms with Gasteiger partial charge >= 0.3 is 0 Å². The molecule has 3 unspecified atom stereocenters. The molecule has 0 spiro atoms. The quantitative estimate of drug-likeness (QED) is 0.719. The lowest BCUT2D eigenvalue weighted by atomic mass is 10.0. The van der Waals surface area contributed by atoms with Crippen LogP contribution in [0.15, 0.2) is 30.3 Å². The standard InChI is InChI=1S/C14H22N2O2/c1-10(9-17)11(2)15-12(3)14(18)16-13-7-5-4-6-8-13/h4-8,10-12,15,17H,9H2,1-3H3,(H,16,18). The Bertz CT molecular complexity index is 367. The van der Waals surface area contributed by atoms with E-state index in [4.69, 9.17) is 5.11 Å². The number of hydrogen-bond acceptors (Lipinski definition) is 3. The molecule has 1 rings (SSSR count). The molecule has 0 radical (unpaired) electrons. The minimum atomic E-state index is -0.297. The minimum absolute atomic E-state index is 0.0711. The molecule has 3 atom stereocenters. The van der Waals surface area contributed by atoms with E-state index in [1.54, 1.807) is 0 Å². The van der Waals surface area contributed by atoms with Crippen LogP contribution in [0, 0.1) is 5.92 Å². The third-order valence-corrected chi connectivity index (χ3v) is 3.09. The number of carbonyl (C=O) groups is 1. The molecule has 0 heterocycles. The number of para-hydroxylation sites is 1. The highest BCUT2D eigenvalue weighted by Crippen LogP contribution is 2.07. The van der Waals surface area contributed by atoms with Crippen molar-refractivity contribution in [2.24, 2.45) is 5.92 Å². The molecule has 100 valence electrons. The number of anilines is 1. The topological polar surface area (TPSA) is 61.4 Å². The van der Waals surface area contributed by atoms with Gasteiger partial charge < -0.3 is 15.7 Å². The van der Waals surface area contributed by atoms with E-state index in [1.807, 2.05) is 51.1 Å². The van der Waals surface area contributed by atoms with Crippen molar-refractivity contribution in [2.45, 2.75) is 32.9 Å². The fourth-order valence-electron chi connectivity index (χ4n) is 1.56. The largest absolute Gasteiger partial charge is 0.396 e. The predicted molar refractivity (Wildman–Crippen MR) is 73.4 cm³/mol. The van der Waals surface area contributed by atoms with Crippen LogP contribution in [0.5, 0.6) is 0 Å². The van der Waals surface area contributed by atoms with Gasteiger partial charge in [-0.2, -0.15) is 0 Å². The first-order chi connectivity index (χ1) is 8.54. The number of hydrogen-bond donors (Lipinski definition) is 3. The van der Waals surface area contributed by atoms with Crippen molar-refractivity contribution >= 4 is 11.6 Å². The maximum Gasteiger partial charge on any atom is 0.241 e. The van der Waals surface area contributed by atoms with Crippen LogP contribution in [0.25, 0.3) is 0 Å². The molecule has 0 saturated heterocycles. The third kappa shape index (κ3) is 4.47. The highest BCUT2D eigenvalue weighted by molar-refractivity contribution is 5.94. The summed E-state index contributed by atoms with van der Waals surface area (Å²) in [6.45, 7) is 5.84. The van der Waals surface area contributed by atoms with E-state index in [1.165, 1.54) is 0 Å². The van der Waals surface area contributed by atoms with Crippen LogP contribution in [-0.2, 0) is 4.79 Å². The highest BCUT2D eigenvalue weighted by Gasteiger charge is 2.18. The van der Waals surface area contributed by atoms with Gasteiger partial charge in [0.15, 0.2) is 0 Å². The molecule has 0 fully saturated rings. The molecule has 0 aliphatic rings. The lowest BCUT2D eigenvalue weighted by molar-refractivity contribution is -0.118. The van der Waals surface area contributed by atoms with Gasteiger partial charge in [0.25, 0.3) is 0 Å². The van der Waals surface area contributed by atoms with Crippen molar-refractivity contribution in [1.29, 1.82) is 0 Å². The van der Waals surface area contributed by atoms with Gasteiger partial charge in [-0.15, -0.1) is 0 Å². The fourth-order valence-corrected chi connectivity index (χ4v) is 1.56. The Labute approximate surface area is 108 Å². The molecule has 4 nitrogen and oxygen atoms in total. The van der Waals surface area contributed by atoms with Crippen molar-refractivity contribution in [1.82, 2.24) is 5.32 Å². The summed E-state index contributed by atoms with van der Waals surface area (Å²) in [6, 6.07) is 9.16. The average Bonchev–Trinajstić information content (AvgIpc) is 2.38. The monoisotopic (exact) mass is 250 g/mol. The van der Waals surface area contributed by atoms with Crippen LogP contribution in [-0.4, -0.2) is 29.7 Å². The summed E-state index contributed by atoms with van der Waals surface area (Å²) < 4.78 is 0. The number of benzene rings is 1. The summed E-state index contributed by atoms with van der Waals surface area (Å²) in [5.74, 6) is 0.0511. The Morgan fingerprint density at radius 2 is 1.83 bits per heavy atom. The van der Waals surface area contributed by atoms with Gasteiger partial charge in [-0.25, -0.2) is 0 Å². The molecule has 0 aliphatic heterocycles. The Hall–Kier alpha value is -1.39. The Morgan fingerprint density at radius 1 is 1.22 bits per heavy atom. The van der Waals surface area contributed by atoms with E-state index in [2.05, 4.69) is 10.6 Å². The van der Waals surface area contributed by atoms with E-state index >= 15 is 0 Å². The maximum atomic E-state index is 11.9. The lowest BCUT2D eigenvalue weighted by Gasteiger charge is -2.23. The minimum Gasteiger partial charge on any atom is -0.396 e. The fraction of sp³-hybridized carbons (Fsp3) is 0.500. The van der Waals surface area contributed by atoms with Gasteiger partial charge in [0.1, 0.15) is 0 Å². The van der Waals surface area contributed by atoms with E-state index in [-0.39, 0.29) is 30.5 Å². The molecular weight excluding hydrogens is 228 g/mol. The summed E-state index contributed by atoms with van der Waals surface area (Å²) in [5.41, 5.74) is 0.791. The Balaban J connectivity index is 2.47. The van der Waals surface area contributed by atoms with Crippen LogP contribution in [0.2, 0.25) is 0 Å². The third-order valence-electron chi connectivity index (χ3n) is 3.09. The first-order valence-electron chi connectivity index (χ1n) is 6.27. The summed E-state index contributed by atoms with van der Waals surface area (Å²) in [7, 11) is 0. The van der Waals surface area contributed by atoms with Gasteiger partial charge in [-0.3, -0.25) is 4.79 Å². The number of amides is 1. The van der Waals surface area contributed by atoms with Crippen LogP contribution in [0.1, 0.15) is 20.8 Å². The summed E-state index contributed by atoms with van der Waals surface area (Å²) in [6.07, 6.45) is 0. The van der Waals surface area contributed by atoms with E-state index in [0.717, 1.165) is 5.69 Å². The van der Waals surface area contributed by atoms with Crippen molar-refractivity contribution in [3.05, 3.63) is 30.3 Å². The van der Waals surface area contributed by atoms with E-state index in [9.17, 15) is 4.79 Å². The first kappa shape index (κ1) is 14.7. The zero-order chi connectivity index (χ0) is 13.5. The lowest BCUT2D eigenvalue weighted by Crippen LogP contribution is -2.45. The maximum absolute atomic E-state index is 11.9. The van der Waals surface area contributed by atoms with Gasteiger partial charge in [-0.05, 0) is 31.9 Å². The molecule has 0 bridgehead atoms. The SMILES string of the molecule is CC(NC(C)C(C)CO)C(=O)Nc1ccccc1. The highest BCUT2D eigenvalue weighted by atomic mass is 16.3. The molecule has 1 aromatic rings. The number of aliphatic hydroxyl groups is 1. The van der Waals surface area contributed by atoms with Crippen LogP contribution < -0.4 is 10.6 Å². The average molecular weight is 250 g/mol. The molecular formula is C14H22N2O2. The van der Waals surface area contributed by atoms with Crippen molar-refractivity contribution in [2.75, 3.05) is 11.9 Å². The normalized spacial score (nSPS) is 15.8.